The number of ketones is 2. The minimum absolute atomic E-state index is 0.0973. The predicted molar refractivity (Wildman–Crippen MR) is 99.0 cm³/mol. The first-order chi connectivity index (χ1) is 12.8. The van der Waals surface area contributed by atoms with E-state index in [2.05, 4.69) is 4.98 Å². The van der Waals surface area contributed by atoms with Crippen molar-refractivity contribution in [3.63, 3.8) is 0 Å². The molecule has 2 aromatic rings. The zero-order valence-electron chi connectivity index (χ0n) is 16.1. The lowest BCUT2D eigenvalue weighted by Crippen LogP contribution is -2.14. The van der Waals surface area contributed by atoms with Gasteiger partial charge in [-0.3, -0.25) is 9.59 Å². The third kappa shape index (κ3) is 4.36. The predicted octanol–water partition coefficient (Wildman–Crippen LogP) is 3.28. The van der Waals surface area contributed by atoms with Crippen molar-refractivity contribution in [1.82, 2.24) is 4.98 Å². The number of hydrogen-bond acceptors (Lipinski definition) is 6. The van der Waals surface area contributed by atoms with Crippen LogP contribution in [0, 0.1) is 13.8 Å². The van der Waals surface area contributed by atoms with E-state index in [1.165, 1.54) is 14.0 Å². The summed E-state index contributed by atoms with van der Waals surface area (Å²) < 4.78 is 15.8. The van der Waals surface area contributed by atoms with Crippen molar-refractivity contribution in [2.75, 3.05) is 20.3 Å². The van der Waals surface area contributed by atoms with E-state index in [4.69, 9.17) is 14.2 Å². The maximum atomic E-state index is 12.6. The van der Waals surface area contributed by atoms with Crippen molar-refractivity contribution in [1.29, 1.82) is 0 Å². The Balaban J connectivity index is 2.18. The van der Waals surface area contributed by atoms with E-state index in [0.717, 1.165) is 0 Å². The summed E-state index contributed by atoms with van der Waals surface area (Å²) in [5.74, 6) is -0.168. The molecule has 0 spiro atoms. The van der Waals surface area contributed by atoms with Gasteiger partial charge in [0.05, 0.1) is 25.0 Å². The molecule has 1 aromatic heterocycles. The Hall–Kier alpha value is -3.09. The van der Waals surface area contributed by atoms with E-state index < -0.39 is 5.97 Å². The lowest BCUT2D eigenvalue weighted by molar-refractivity contribution is 0.0525. The van der Waals surface area contributed by atoms with Crippen molar-refractivity contribution in [2.45, 2.75) is 27.7 Å². The molecule has 1 aromatic carbocycles. The van der Waals surface area contributed by atoms with Gasteiger partial charge in [-0.1, -0.05) is 0 Å². The van der Waals surface area contributed by atoms with Crippen molar-refractivity contribution in [3.8, 4) is 11.5 Å². The average Bonchev–Trinajstić information content (AvgIpc) is 2.94. The summed E-state index contributed by atoms with van der Waals surface area (Å²) in [5.41, 5.74) is 2.25. The zero-order chi connectivity index (χ0) is 20.1. The van der Waals surface area contributed by atoms with E-state index in [9.17, 15) is 14.4 Å². The summed E-state index contributed by atoms with van der Waals surface area (Å²) in [6.45, 7) is 6.58. The molecule has 144 valence electrons. The SMILES string of the molecule is CCOC(=O)c1c(C)[nH]c(C(=O)COc2ccc(C(C)=O)cc2OC)c1C. The van der Waals surface area contributed by atoms with Gasteiger partial charge in [0.25, 0.3) is 0 Å². The van der Waals surface area contributed by atoms with Gasteiger partial charge in [0, 0.05) is 11.3 Å². The number of aromatic amines is 1. The third-order valence-electron chi connectivity index (χ3n) is 4.12. The van der Waals surface area contributed by atoms with Crippen molar-refractivity contribution in [2.24, 2.45) is 0 Å². The number of ether oxygens (including phenoxy) is 3. The van der Waals surface area contributed by atoms with Gasteiger partial charge in [0.1, 0.15) is 0 Å². The van der Waals surface area contributed by atoms with Crippen LogP contribution in [0.25, 0.3) is 0 Å². The largest absolute Gasteiger partial charge is 0.493 e. The number of rotatable bonds is 8. The number of aromatic nitrogens is 1. The molecule has 0 unspecified atom stereocenters. The van der Waals surface area contributed by atoms with Gasteiger partial charge < -0.3 is 19.2 Å². The highest BCUT2D eigenvalue weighted by Gasteiger charge is 2.23. The Labute approximate surface area is 157 Å². The molecular formula is C20H23NO6. The number of hydrogen-bond donors (Lipinski definition) is 1. The molecular weight excluding hydrogens is 350 g/mol. The summed E-state index contributed by atoms with van der Waals surface area (Å²) in [4.78, 5) is 39.0. The van der Waals surface area contributed by atoms with Crippen LogP contribution in [0.4, 0.5) is 0 Å². The third-order valence-corrected chi connectivity index (χ3v) is 4.12. The molecule has 0 bridgehead atoms. The molecule has 0 radical (unpaired) electrons. The zero-order valence-corrected chi connectivity index (χ0v) is 16.1. The minimum atomic E-state index is -0.467. The van der Waals surface area contributed by atoms with Crippen LogP contribution in [-0.2, 0) is 4.74 Å². The molecule has 0 aliphatic heterocycles. The highest BCUT2D eigenvalue weighted by molar-refractivity contribution is 6.02. The number of carbonyl (C=O) groups is 3. The average molecular weight is 373 g/mol. The quantitative estimate of drug-likeness (QED) is 0.564. The Morgan fingerprint density at radius 2 is 1.81 bits per heavy atom. The first kappa shape index (κ1) is 20.2. The molecule has 0 saturated heterocycles. The molecule has 7 heteroatoms. The molecule has 2 rings (SSSR count). The highest BCUT2D eigenvalue weighted by atomic mass is 16.5. The Morgan fingerprint density at radius 1 is 1.11 bits per heavy atom. The second-order valence-corrected chi connectivity index (χ2v) is 5.98. The van der Waals surface area contributed by atoms with Gasteiger partial charge >= 0.3 is 5.97 Å². The Bertz CT molecular complexity index is 881. The lowest BCUT2D eigenvalue weighted by Gasteiger charge is -2.11. The van der Waals surface area contributed by atoms with Crippen LogP contribution < -0.4 is 9.47 Å². The van der Waals surface area contributed by atoms with E-state index in [0.29, 0.717) is 39.6 Å². The summed E-state index contributed by atoms with van der Waals surface area (Å²) >= 11 is 0. The summed E-state index contributed by atoms with van der Waals surface area (Å²) in [6.07, 6.45) is 0. The normalized spacial score (nSPS) is 10.4. The fourth-order valence-electron chi connectivity index (χ4n) is 2.76. The van der Waals surface area contributed by atoms with E-state index in [-0.39, 0.29) is 24.8 Å². The molecule has 1 heterocycles. The number of nitrogens with one attached hydrogen (secondary N) is 1. The molecule has 7 nitrogen and oxygen atoms in total. The van der Waals surface area contributed by atoms with Gasteiger partial charge in [0.2, 0.25) is 5.78 Å². The number of benzene rings is 1. The maximum Gasteiger partial charge on any atom is 0.340 e. The summed E-state index contributed by atoms with van der Waals surface area (Å²) in [7, 11) is 1.46. The lowest BCUT2D eigenvalue weighted by atomic mass is 10.1. The van der Waals surface area contributed by atoms with Gasteiger partial charge in [-0.2, -0.15) is 0 Å². The van der Waals surface area contributed by atoms with Crippen molar-refractivity contribution in [3.05, 3.63) is 46.3 Å². The standard InChI is InChI=1S/C20H23NO6/c1-6-26-20(24)18-11(2)19(21-12(18)3)15(23)10-27-16-8-7-14(13(4)22)9-17(16)25-5/h7-9,21H,6,10H2,1-5H3. The van der Waals surface area contributed by atoms with Gasteiger partial charge in [0.15, 0.2) is 23.9 Å². The molecule has 0 amide bonds. The van der Waals surface area contributed by atoms with Crippen LogP contribution in [0.1, 0.15) is 56.3 Å². The van der Waals surface area contributed by atoms with Crippen LogP contribution in [0.3, 0.4) is 0 Å². The molecule has 1 N–H and O–H groups in total. The van der Waals surface area contributed by atoms with Crippen molar-refractivity contribution < 1.29 is 28.6 Å². The van der Waals surface area contributed by atoms with E-state index in [1.807, 2.05) is 0 Å². The van der Waals surface area contributed by atoms with Gasteiger partial charge in [-0.25, -0.2) is 4.79 Å². The number of esters is 1. The van der Waals surface area contributed by atoms with Gasteiger partial charge in [-0.05, 0) is 51.5 Å². The van der Waals surface area contributed by atoms with Crippen LogP contribution in [0.15, 0.2) is 18.2 Å². The Kier molecular flexibility index (Phi) is 6.39. The van der Waals surface area contributed by atoms with Crippen LogP contribution >= 0.6 is 0 Å². The first-order valence-corrected chi connectivity index (χ1v) is 8.51. The topological polar surface area (TPSA) is 94.7 Å². The monoisotopic (exact) mass is 373 g/mol. The maximum absolute atomic E-state index is 12.6. The minimum Gasteiger partial charge on any atom is -0.493 e. The van der Waals surface area contributed by atoms with Crippen molar-refractivity contribution >= 4 is 17.5 Å². The van der Waals surface area contributed by atoms with Gasteiger partial charge in [-0.15, -0.1) is 0 Å². The molecule has 0 fully saturated rings. The number of methoxy groups -OCH3 is 1. The number of carbonyl (C=O) groups excluding carboxylic acids is 3. The summed E-state index contributed by atoms with van der Waals surface area (Å²) in [5, 5.41) is 0. The first-order valence-electron chi connectivity index (χ1n) is 8.51. The fraction of sp³-hybridized carbons (Fsp3) is 0.350. The Morgan fingerprint density at radius 3 is 2.41 bits per heavy atom. The molecule has 0 aliphatic rings. The smallest absolute Gasteiger partial charge is 0.340 e. The second kappa shape index (κ2) is 8.53. The van der Waals surface area contributed by atoms with Crippen LogP contribution in [-0.4, -0.2) is 42.8 Å². The van der Waals surface area contributed by atoms with Crippen LogP contribution in [0.2, 0.25) is 0 Å². The second-order valence-electron chi connectivity index (χ2n) is 5.98. The molecule has 0 saturated carbocycles. The number of Topliss-reactive ketones (excluding diaryl/α,β-unsaturated/α-hetero) is 2. The number of H-pyrrole nitrogens is 1. The highest BCUT2D eigenvalue weighted by Crippen LogP contribution is 2.28. The van der Waals surface area contributed by atoms with Crippen LogP contribution in [0.5, 0.6) is 11.5 Å². The molecule has 0 atom stereocenters. The molecule has 27 heavy (non-hydrogen) atoms. The fourth-order valence-corrected chi connectivity index (χ4v) is 2.76. The molecule has 0 aliphatic carbocycles. The number of aryl methyl sites for hydroxylation is 1. The van der Waals surface area contributed by atoms with E-state index in [1.54, 1.807) is 39.0 Å². The van der Waals surface area contributed by atoms with E-state index >= 15 is 0 Å². The summed E-state index contributed by atoms with van der Waals surface area (Å²) in [6, 6.07) is 4.75.